The molecule has 148 valence electrons. The highest BCUT2D eigenvalue weighted by Gasteiger charge is 2.10. The molecule has 0 unspecified atom stereocenters. The lowest BCUT2D eigenvalue weighted by atomic mass is 10.1. The van der Waals surface area contributed by atoms with Crippen LogP contribution < -0.4 is 15.6 Å². The molecular weight excluding hydrogens is 388 g/mol. The fraction of sp³-hybridized carbons (Fsp3) is 0.130. The minimum Gasteiger partial charge on any atom is -0.489 e. The van der Waals surface area contributed by atoms with Crippen LogP contribution in [0.3, 0.4) is 0 Å². The maximum Gasteiger partial charge on any atom is 0.269 e. The normalized spacial score (nSPS) is 10.3. The fourth-order valence-corrected chi connectivity index (χ4v) is 2.72. The second kappa shape index (κ2) is 9.26. The molecule has 3 aromatic rings. The van der Waals surface area contributed by atoms with Crippen molar-refractivity contribution >= 4 is 23.4 Å². The van der Waals surface area contributed by atoms with Gasteiger partial charge in [0.2, 0.25) is 0 Å². The van der Waals surface area contributed by atoms with Crippen molar-refractivity contribution in [1.29, 1.82) is 0 Å². The van der Waals surface area contributed by atoms with E-state index in [2.05, 4.69) is 10.9 Å². The lowest BCUT2D eigenvalue weighted by Gasteiger charge is -2.10. The number of carbonyl (C=O) groups is 2. The van der Waals surface area contributed by atoms with Gasteiger partial charge in [-0.25, -0.2) is 0 Å². The number of benzene rings is 3. The van der Waals surface area contributed by atoms with Gasteiger partial charge in [-0.15, -0.1) is 0 Å². The third kappa shape index (κ3) is 5.59. The Bertz CT molecular complexity index is 1020. The van der Waals surface area contributed by atoms with Gasteiger partial charge in [0.05, 0.1) is 0 Å². The number of rotatable bonds is 5. The van der Waals surface area contributed by atoms with Gasteiger partial charge in [-0.2, -0.15) is 0 Å². The summed E-state index contributed by atoms with van der Waals surface area (Å²) in [4.78, 5) is 24.4. The second-order valence-electron chi connectivity index (χ2n) is 6.65. The topological polar surface area (TPSA) is 67.4 Å². The molecule has 3 rings (SSSR count). The van der Waals surface area contributed by atoms with E-state index in [0.29, 0.717) is 28.5 Å². The zero-order valence-corrected chi connectivity index (χ0v) is 16.9. The molecule has 5 nitrogen and oxygen atoms in total. The largest absolute Gasteiger partial charge is 0.489 e. The summed E-state index contributed by atoms with van der Waals surface area (Å²) >= 11 is 5.85. The van der Waals surface area contributed by atoms with E-state index in [-0.39, 0.29) is 5.91 Å². The quantitative estimate of drug-likeness (QED) is 0.606. The predicted octanol–water partition coefficient (Wildman–Crippen LogP) is 4.61. The summed E-state index contributed by atoms with van der Waals surface area (Å²) in [5.74, 6) is -0.0490. The van der Waals surface area contributed by atoms with Crippen molar-refractivity contribution in [3.8, 4) is 5.75 Å². The maximum atomic E-state index is 12.3. The first kappa shape index (κ1) is 20.4. The number of ether oxygens (including phenoxy) is 1. The van der Waals surface area contributed by atoms with Crippen LogP contribution in [0.4, 0.5) is 0 Å². The number of nitrogens with one attached hydrogen (secondary N) is 2. The number of hydrogen-bond donors (Lipinski definition) is 2. The Morgan fingerprint density at radius 2 is 1.38 bits per heavy atom. The van der Waals surface area contributed by atoms with Gasteiger partial charge in [-0.1, -0.05) is 29.8 Å². The van der Waals surface area contributed by atoms with E-state index in [4.69, 9.17) is 16.3 Å². The van der Waals surface area contributed by atoms with Crippen LogP contribution in [0.5, 0.6) is 5.75 Å². The molecule has 3 aromatic carbocycles. The molecule has 0 bridgehead atoms. The van der Waals surface area contributed by atoms with E-state index in [0.717, 1.165) is 16.7 Å². The van der Waals surface area contributed by atoms with Crippen LogP contribution in [-0.2, 0) is 6.61 Å². The molecule has 0 fully saturated rings. The van der Waals surface area contributed by atoms with E-state index in [1.807, 2.05) is 19.9 Å². The number of hydrogen-bond acceptors (Lipinski definition) is 3. The molecule has 0 saturated carbocycles. The minimum absolute atomic E-state index is 0.366. The van der Waals surface area contributed by atoms with Gasteiger partial charge in [0.1, 0.15) is 12.4 Å². The molecule has 0 saturated heterocycles. The third-order valence-electron chi connectivity index (χ3n) is 4.49. The Hall–Kier alpha value is -3.31. The molecule has 0 aliphatic heterocycles. The molecule has 29 heavy (non-hydrogen) atoms. The Labute approximate surface area is 174 Å². The van der Waals surface area contributed by atoms with Crippen molar-refractivity contribution in [2.45, 2.75) is 20.5 Å². The average Bonchev–Trinajstić information content (AvgIpc) is 2.73. The van der Waals surface area contributed by atoms with Crippen LogP contribution in [0.25, 0.3) is 0 Å². The number of aryl methyl sites for hydroxylation is 2. The van der Waals surface area contributed by atoms with Gasteiger partial charge in [-0.05, 0) is 79.1 Å². The molecule has 0 aromatic heterocycles. The highest BCUT2D eigenvalue weighted by atomic mass is 35.5. The van der Waals surface area contributed by atoms with E-state index in [1.165, 1.54) is 0 Å². The van der Waals surface area contributed by atoms with Crippen LogP contribution >= 0.6 is 11.6 Å². The van der Waals surface area contributed by atoms with Crippen LogP contribution in [0.1, 0.15) is 37.4 Å². The fourth-order valence-electron chi connectivity index (χ4n) is 2.59. The third-order valence-corrected chi connectivity index (χ3v) is 4.75. The molecular formula is C23H21ClN2O3. The van der Waals surface area contributed by atoms with Crippen LogP contribution in [0.2, 0.25) is 5.02 Å². The summed E-state index contributed by atoms with van der Waals surface area (Å²) in [7, 11) is 0. The first-order valence-corrected chi connectivity index (χ1v) is 9.45. The van der Waals surface area contributed by atoms with E-state index in [9.17, 15) is 9.59 Å². The van der Waals surface area contributed by atoms with Gasteiger partial charge in [0.25, 0.3) is 11.8 Å². The van der Waals surface area contributed by atoms with Gasteiger partial charge in [0, 0.05) is 16.1 Å². The zero-order valence-electron chi connectivity index (χ0n) is 16.2. The average molecular weight is 409 g/mol. The summed E-state index contributed by atoms with van der Waals surface area (Å²) in [6, 6.07) is 19.4. The van der Waals surface area contributed by atoms with Crippen molar-refractivity contribution in [2.75, 3.05) is 0 Å². The highest BCUT2D eigenvalue weighted by molar-refractivity contribution is 6.30. The zero-order chi connectivity index (χ0) is 20.8. The Kier molecular flexibility index (Phi) is 6.52. The van der Waals surface area contributed by atoms with Crippen molar-refractivity contribution in [2.24, 2.45) is 0 Å². The summed E-state index contributed by atoms with van der Waals surface area (Å²) < 4.78 is 5.68. The van der Waals surface area contributed by atoms with Crippen molar-refractivity contribution in [3.05, 3.63) is 99.6 Å². The SMILES string of the molecule is Cc1ccc(C(=O)NNC(=O)c2ccc(COc3ccc(Cl)cc3)cc2)cc1C. The number of hydrazine groups is 1. The van der Waals surface area contributed by atoms with E-state index in [1.54, 1.807) is 60.7 Å². The smallest absolute Gasteiger partial charge is 0.269 e. The summed E-state index contributed by atoms with van der Waals surface area (Å²) in [5, 5.41) is 0.650. The summed E-state index contributed by atoms with van der Waals surface area (Å²) in [6.45, 7) is 4.28. The van der Waals surface area contributed by atoms with Gasteiger partial charge >= 0.3 is 0 Å². The molecule has 0 aliphatic carbocycles. The van der Waals surface area contributed by atoms with Crippen molar-refractivity contribution in [3.63, 3.8) is 0 Å². The maximum absolute atomic E-state index is 12.3. The van der Waals surface area contributed by atoms with Crippen LogP contribution in [-0.4, -0.2) is 11.8 Å². The molecule has 0 aliphatic rings. The standard InChI is InChI=1S/C23H21ClN2O3/c1-15-3-6-19(13-16(15)2)23(28)26-25-22(27)18-7-4-17(5-8-18)14-29-21-11-9-20(24)10-12-21/h3-13H,14H2,1-2H3,(H,25,27)(H,26,28). The van der Waals surface area contributed by atoms with Crippen LogP contribution in [0.15, 0.2) is 66.7 Å². The highest BCUT2D eigenvalue weighted by Crippen LogP contribution is 2.17. The van der Waals surface area contributed by atoms with Crippen molar-refractivity contribution in [1.82, 2.24) is 10.9 Å². The molecule has 0 radical (unpaired) electrons. The van der Waals surface area contributed by atoms with Gasteiger partial charge < -0.3 is 4.74 Å². The Morgan fingerprint density at radius 3 is 2.00 bits per heavy atom. The first-order valence-electron chi connectivity index (χ1n) is 9.07. The lowest BCUT2D eigenvalue weighted by molar-refractivity contribution is 0.0846. The molecule has 2 N–H and O–H groups in total. The summed E-state index contributed by atoms with van der Waals surface area (Å²) in [6.07, 6.45) is 0. The predicted molar refractivity (Wildman–Crippen MR) is 113 cm³/mol. The second-order valence-corrected chi connectivity index (χ2v) is 7.08. The van der Waals surface area contributed by atoms with E-state index < -0.39 is 5.91 Å². The molecule has 0 heterocycles. The molecule has 6 heteroatoms. The van der Waals surface area contributed by atoms with E-state index >= 15 is 0 Å². The van der Waals surface area contributed by atoms with Gasteiger partial charge in [-0.3, -0.25) is 20.4 Å². The monoisotopic (exact) mass is 408 g/mol. The summed E-state index contributed by atoms with van der Waals surface area (Å²) in [5.41, 5.74) is 8.82. The number of carbonyl (C=O) groups excluding carboxylic acids is 2. The Balaban J connectivity index is 1.52. The van der Waals surface area contributed by atoms with Gasteiger partial charge in [0.15, 0.2) is 0 Å². The molecule has 0 spiro atoms. The van der Waals surface area contributed by atoms with Crippen LogP contribution in [0, 0.1) is 13.8 Å². The van der Waals surface area contributed by atoms with Crippen molar-refractivity contribution < 1.29 is 14.3 Å². The first-order chi connectivity index (χ1) is 13.9. The number of amides is 2. The molecule has 0 atom stereocenters. The Morgan fingerprint density at radius 1 is 0.793 bits per heavy atom. The lowest BCUT2D eigenvalue weighted by Crippen LogP contribution is -2.41. The molecule has 2 amide bonds. The number of halogens is 1. The minimum atomic E-state index is -0.396.